The molecule has 0 radical (unpaired) electrons. The Morgan fingerprint density at radius 3 is 2.41 bits per heavy atom. The van der Waals surface area contributed by atoms with Crippen molar-refractivity contribution in [1.29, 1.82) is 0 Å². The Morgan fingerprint density at radius 2 is 1.75 bits per heavy atom. The van der Waals surface area contributed by atoms with Gasteiger partial charge >= 0.3 is 0 Å². The summed E-state index contributed by atoms with van der Waals surface area (Å²) in [5.41, 5.74) is 3.17. The van der Waals surface area contributed by atoms with Crippen molar-refractivity contribution in [2.75, 3.05) is 7.11 Å². The normalized spacial score (nSPS) is 12.0. The van der Waals surface area contributed by atoms with Crippen molar-refractivity contribution < 1.29 is 9.53 Å². The molecule has 0 fully saturated rings. The topological polar surface area (TPSA) is 91.0 Å². The smallest absolute Gasteiger partial charge is 0.295 e. The molecule has 1 atom stereocenters. The van der Waals surface area contributed by atoms with Crippen molar-refractivity contribution in [2.45, 2.75) is 33.4 Å². The molecule has 1 amide bonds. The van der Waals surface area contributed by atoms with Crippen LogP contribution < -0.4 is 15.6 Å². The third-order valence-corrected chi connectivity index (χ3v) is 5.52. The number of para-hydroxylation sites is 1. The number of carbonyl (C=O) groups excluding carboxylic acids is 1. The zero-order chi connectivity index (χ0) is 22.8. The highest BCUT2D eigenvalue weighted by Crippen LogP contribution is 2.21. The van der Waals surface area contributed by atoms with Gasteiger partial charge in [0.05, 0.1) is 29.6 Å². The van der Waals surface area contributed by atoms with E-state index >= 15 is 0 Å². The molecule has 8 nitrogen and oxygen atoms in total. The summed E-state index contributed by atoms with van der Waals surface area (Å²) in [6.45, 7) is 5.73. The second-order valence-electron chi connectivity index (χ2n) is 7.63. The average Bonchev–Trinajstić information content (AvgIpc) is 3.18. The number of carbonyl (C=O) groups is 1. The number of hydrogen-bond acceptors (Lipinski definition) is 5. The first kappa shape index (κ1) is 21.3. The number of amides is 1. The third kappa shape index (κ3) is 3.87. The van der Waals surface area contributed by atoms with Crippen LogP contribution in [0.3, 0.4) is 0 Å². The van der Waals surface area contributed by atoms with Crippen molar-refractivity contribution in [3.8, 4) is 11.4 Å². The van der Waals surface area contributed by atoms with Gasteiger partial charge in [0.1, 0.15) is 11.8 Å². The zero-order valence-corrected chi connectivity index (χ0v) is 18.5. The van der Waals surface area contributed by atoms with Crippen LogP contribution in [-0.4, -0.2) is 32.6 Å². The van der Waals surface area contributed by atoms with Crippen LogP contribution in [0.15, 0.2) is 59.4 Å². The van der Waals surface area contributed by atoms with Gasteiger partial charge in [-0.3, -0.25) is 9.59 Å². The summed E-state index contributed by atoms with van der Waals surface area (Å²) >= 11 is 0. The number of nitrogens with zero attached hydrogens (tertiary/aromatic N) is 4. The number of nitrogens with one attached hydrogen (secondary N) is 1. The highest BCUT2D eigenvalue weighted by atomic mass is 16.5. The van der Waals surface area contributed by atoms with Gasteiger partial charge in [0.25, 0.3) is 5.56 Å². The van der Waals surface area contributed by atoms with Gasteiger partial charge in [0.2, 0.25) is 5.91 Å². The van der Waals surface area contributed by atoms with Gasteiger partial charge in [-0.2, -0.15) is 10.2 Å². The standard InChI is InChI=1S/C24H25N5O3/c1-15-21-16(2)28(19-8-6-5-7-9-19)27-22(21)24(31)29(26-15)17(3)23(30)25-14-18-10-12-20(32-4)13-11-18/h5-13,17H,14H2,1-4H3,(H,25,30)/t17-/m0/s1. The number of ether oxygens (including phenoxy) is 1. The van der Waals surface area contributed by atoms with E-state index in [-0.39, 0.29) is 5.91 Å². The zero-order valence-electron chi connectivity index (χ0n) is 18.5. The molecule has 2 aromatic carbocycles. The summed E-state index contributed by atoms with van der Waals surface area (Å²) in [5, 5.41) is 12.6. The third-order valence-electron chi connectivity index (χ3n) is 5.52. The predicted octanol–water partition coefficient (Wildman–Crippen LogP) is 3.09. The Hall–Kier alpha value is -3.94. The molecule has 0 saturated heterocycles. The van der Waals surface area contributed by atoms with Crippen LogP contribution in [-0.2, 0) is 11.3 Å². The summed E-state index contributed by atoms with van der Waals surface area (Å²) in [6, 6.07) is 16.2. The lowest BCUT2D eigenvalue weighted by Gasteiger charge is -2.15. The van der Waals surface area contributed by atoms with Gasteiger partial charge in [-0.15, -0.1) is 0 Å². The number of aryl methyl sites for hydroxylation is 2. The maximum Gasteiger partial charge on any atom is 0.295 e. The highest BCUT2D eigenvalue weighted by molar-refractivity contribution is 5.84. The molecule has 32 heavy (non-hydrogen) atoms. The first-order valence-corrected chi connectivity index (χ1v) is 10.4. The second kappa shape index (κ2) is 8.66. The Morgan fingerprint density at radius 1 is 1.06 bits per heavy atom. The Bertz CT molecular complexity index is 1320. The molecule has 2 heterocycles. The fourth-order valence-corrected chi connectivity index (χ4v) is 3.73. The largest absolute Gasteiger partial charge is 0.497 e. The first-order valence-electron chi connectivity index (χ1n) is 10.4. The minimum absolute atomic E-state index is 0.298. The number of fused-ring (bicyclic) bond motifs is 1. The lowest BCUT2D eigenvalue weighted by atomic mass is 10.2. The van der Waals surface area contributed by atoms with Gasteiger partial charge in [0.15, 0.2) is 5.52 Å². The molecule has 0 spiro atoms. The van der Waals surface area contributed by atoms with E-state index in [1.54, 1.807) is 18.7 Å². The molecule has 164 valence electrons. The molecular weight excluding hydrogens is 406 g/mol. The second-order valence-corrected chi connectivity index (χ2v) is 7.63. The van der Waals surface area contributed by atoms with Crippen LogP contribution in [0.25, 0.3) is 16.6 Å². The van der Waals surface area contributed by atoms with Crippen molar-refractivity contribution in [2.24, 2.45) is 0 Å². The van der Waals surface area contributed by atoms with E-state index in [0.717, 1.165) is 22.7 Å². The van der Waals surface area contributed by atoms with E-state index < -0.39 is 11.6 Å². The Kier molecular flexibility index (Phi) is 5.77. The molecule has 0 bridgehead atoms. The highest BCUT2D eigenvalue weighted by Gasteiger charge is 2.23. The Balaban J connectivity index is 1.62. The molecule has 4 rings (SSSR count). The SMILES string of the molecule is COc1ccc(CNC(=O)[C@H](C)n2nc(C)c3c(C)n(-c4ccccc4)nc3c2=O)cc1. The molecule has 2 aromatic heterocycles. The minimum Gasteiger partial charge on any atom is -0.497 e. The van der Waals surface area contributed by atoms with E-state index in [9.17, 15) is 9.59 Å². The minimum atomic E-state index is -0.786. The van der Waals surface area contributed by atoms with E-state index in [1.807, 2.05) is 68.4 Å². The molecule has 0 unspecified atom stereocenters. The summed E-state index contributed by atoms with van der Waals surface area (Å²) < 4.78 is 8.09. The molecule has 8 heteroatoms. The van der Waals surface area contributed by atoms with Gasteiger partial charge in [-0.25, -0.2) is 9.36 Å². The van der Waals surface area contributed by atoms with Crippen LogP contribution >= 0.6 is 0 Å². The van der Waals surface area contributed by atoms with Gasteiger partial charge in [0, 0.05) is 6.54 Å². The van der Waals surface area contributed by atoms with Crippen LogP contribution in [0, 0.1) is 13.8 Å². The predicted molar refractivity (Wildman–Crippen MR) is 122 cm³/mol. The lowest BCUT2D eigenvalue weighted by Crippen LogP contribution is -2.37. The van der Waals surface area contributed by atoms with E-state index in [2.05, 4.69) is 15.5 Å². The van der Waals surface area contributed by atoms with E-state index in [0.29, 0.717) is 23.1 Å². The summed E-state index contributed by atoms with van der Waals surface area (Å²) in [7, 11) is 1.60. The number of rotatable bonds is 6. The summed E-state index contributed by atoms with van der Waals surface area (Å²) in [4.78, 5) is 26.0. The van der Waals surface area contributed by atoms with Crippen LogP contribution in [0.4, 0.5) is 0 Å². The van der Waals surface area contributed by atoms with Crippen molar-refractivity contribution in [3.63, 3.8) is 0 Å². The summed E-state index contributed by atoms with van der Waals surface area (Å²) in [6.07, 6.45) is 0. The molecule has 4 aromatic rings. The van der Waals surface area contributed by atoms with Crippen molar-refractivity contribution >= 4 is 16.8 Å². The number of methoxy groups -OCH3 is 1. The van der Waals surface area contributed by atoms with Crippen LogP contribution in [0.5, 0.6) is 5.75 Å². The molecule has 0 aliphatic carbocycles. The van der Waals surface area contributed by atoms with Crippen molar-refractivity contribution in [3.05, 3.63) is 81.9 Å². The monoisotopic (exact) mass is 431 g/mol. The quantitative estimate of drug-likeness (QED) is 0.507. The number of aromatic nitrogens is 4. The average molecular weight is 431 g/mol. The molecule has 0 aliphatic rings. The maximum absolute atomic E-state index is 13.2. The molecule has 0 aliphatic heterocycles. The molecule has 0 saturated carbocycles. The van der Waals surface area contributed by atoms with E-state index in [4.69, 9.17) is 4.74 Å². The Labute approximate surface area is 185 Å². The lowest BCUT2D eigenvalue weighted by molar-refractivity contribution is -0.124. The van der Waals surface area contributed by atoms with Crippen molar-refractivity contribution in [1.82, 2.24) is 24.9 Å². The number of hydrogen-bond donors (Lipinski definition) is 1. The van der Waals surface area contributed by atoms with Crippen LogP contribution in [0.2, 0.25) is 0 Å². The fraction of sp³-hybridized carbons (Fsp3) is 0.250. The van der Waals surface area contributed by atoms with Gasteiger partial charge in [-0.05, 0) is 50.6 Å². The first-order chi connectivity index (χ1) is 15.4. The fourth-order valence-electron chi connectivity index (χ4n) is 3.73. The molecular formula is C24H25N5O3. The van der Waals surface area contributed by atoms with E-state index in [1.165, 1.54) is 4.68 Å². The summed E-state index contributed by atoms with van der Waals surface area (Å²) in [5.74, 6) is 0.451. The maximum atomic E-state index is 13.2. The van der Waals surface area contributed by atoms with Gasteiger partial charge < -0.3 is 10.1 Å². The number of benzene rings is 2. The van der Waals surface area contributed by atoms with Crippen LogP contribution in [0.1, 0.15) is 29.9 Å². The van der Waals surface area contributed by atoms with Gasteiger partial charge in [-0.1, -0.05) is 30.3 Å². The molecule has 1 N–H and O–H groups in total.